The number of carbonyl (C=O) groups excluding carboxylic acids is 1. The van der Waals surface area contributed by atoms with Gasteiger partial charge in [-0.15, -0.1) is 0 Å². The number of carbonyl (C=O) groups is 1. The first-order valence-electron chi connectivity index (χ1n) is 9.17. The van der Waals surface area contributed by atoms with Gasteiger partial charge in [0.15, 0.2) is 18.2 Å². The highest BCUT2D eigenvalue weighted by atomic mass is 79.9. The van der Waals surface area contributed by atoms with Crippen molar-refractivity contribution in [3.63, 3.8) is 0 Å². The molecule has 2 aromatic heterocycles. The summed E-state index contributed by atoms with van der Waals surface area (Å²) in [6.45, 7) is 0.612. The number of ether oxygens (including phenoxy) is 1. The molecule has 2 heterocycles. The number of benzene rings is 2. The van der Waals surface area contributed by atoms with Gasteiger partial charge in [0.25, 0.3) is 5.91 Å². The van der Waals surface area contributed by atoms with Crippen molar-refractivity contribution < 1.29 is 9.53 Å². The van der Waals surface area contributed by atoms with Gasteiger partial charge in [-0.2, -0.15) is 10.2 Å². The Kier molecular flexibility index (Phi) is 6.60. The molecule has 0 unspecified atom stereocenters. The third kappa shape index (κ3) is 5.46. The molecule has 0 aliphatic heterocycles. The van der Waals surface area contributed by atoms with Crippen LogP contribution in [0.2, 0.25) is 10.0 Å². The van der Waals surface area contributed by atoms with E-state index >= 15 is 0 Å². The standard InChI is InChI=1S/C21H16BrCl2N5O2/c22-15-5-6-19(17(24)11-15)31-13-29-9-7-18(26-29)21(30)25-20-8-10-28(27-20)12-14-3-1-2-4-16(14)23/h1-11H,12-13H2,(H,25,27,30). The summed E-state index contributed by atoms with van der Waals surface area (Å²) in [5.41, 5.74) is 1.18. The number of hydrogen-bond acceptors (Lipinski definition) is 4. The SMILES string of the molecule is O=C(Nc1ccn(Cc2ccccc2Cl)n1)c1ccn(COc2ccc(Br)cc2Cl)n1. The number of amides is 1. The summed E-state index contributed by atoms with van der Waals surface area (Å²) in [5.74, 6) is 0.573. The molecule has 10 heteroatoms. The number of anilines is 1. The predicted octanol–water partition coefficient (Wildman–Crippen LogP) is 5.49. The number of nitrogens with one attached hydrogen (secondary N) is 1. The Labute approximate surface area is 196 Å². The molecule has 1 amide bonds. The predicted molar refractivity (Wildman–Crippen MR) is 123 cm³/mol. The van der Waals surface area contributed by atoms with E-state index in [9.17, 15) is 4.79 Å². The van der Waals surface area contributed by atoms with Gasteiger partial charge in [-0.3, -0.25) is 9.48 Å². The van der Waals surface area contributed by atoms with Gasteiger partial charge >= 0.3 is 0 Å². The van der Waals surface area contributed by atoms with Crippen molar-refractivity contribution in [3.05, 3.63) is 92.8 Å². The lowest BCUT2D eigenvalue weighted by molar-refractivity contribution is 0.101. The van der Waals surface area contributed by atoms with E-state index in [1.54, 1.807) is 41.3 Å². The summed E-state index contributed by atoms with van der Waals surface area (Å²) in [5, 5.41) is 12.5. The van der Waals surface area contributed by atoms with Crippen molar-refractivity contribution in [3.8, 4) is 5.75 Å². The molecule has 0 saturated heterocycles. The van der Waals surface area contributed by atoms with E-state index in [0.717, 1.165) is 10.0 Å². The lowest BCUT2D eigenvalue weighted by Crippen LogP contribution is -2.15. The number of aromatic nitrogens is 4. The molecule has 1 N–H and O–H groups in total. The van der Waals surface area contributed by atoms with Crippen molar-refractivity contribution >= 4 is 50.9 Å². The first-order valence-corrected chi connectivity index (χ1v) is 10.7. The molecular weight excluding hydrogens is 505 g/mol. The van der Waals surface area contributed by atoms with Crippen LogP contribution in [0.1, 0.15) is 16.1 Å². The quantitative estimate of drug-likeness (QED) is 0.350. The lowest BCUT2D eigenvalue weighted by Gasteiger charge is -2.08. The average molecular weight is 521 g/mol. The number of halogens is 3. The van der Waals surface area contributed by atoms with Crippen LogP contribution in [0.4, 0.5) is 5.82 Å². The zero-order valence-electron chi connectivity index (χ0n) is 16.0. The minimum absolute atomic E-state index is 0.112. The zero-order chi connectivity index (χ0) is 21.8. The van der Waals surface area contributed by atoms with Crippen LogP contribution < -0.4 is 10.1 Å². The maximum absolute atomic E-state index is 12.5. The molecule has 0 radical (unpaired) electrons. The van der Waals surface area contributed by atoms with Gasteiger partial charge in [-0.25, -0.2) is 4.68 Å². The Bertz CT molecular complexity index is 1220. The zero-order valence-corrected chi connectivity index (χ0v) is 19.1. The molecule has 0 spiro atoms. The minimum Gasteiger partial charge on any atom is -0.470 e. The van der Waals surface area contributed by atoms with Gasteiger partial charge in [-0.1, -0.05) is 57.3 Å². The smallest absolute Gasteiger partial charge is 0.277 e. The van der Waals surface area contributed by atoms with E-state index in [0.29, 0.717) is 28.2 Å². The summed E-state index contributed by atoms with van der Waals surface area (Å²) in [6, 6.07) is 16.2. The van der Waals surface area contributed by atoms with Crippen molar-refractivity contribution in [2.45, 2.75) is 13.3 Å². The molecule has 0 atom stereocenters. The van der Waals surface area contributed by atoms with Gasteiger partial charge < -0.3 is 10.1 Å². The van der Waals surface area contributed by atoms with Crippen LogP contribution in [0, 0.1) is 0 Å². The summed E-state index contributed by atoms with van der Waals surface area (Å²) in [7, 11) is 0. The van der Waals surface area contributed by atoms with E-state index < -0.39 is 0 Å². The van der Waals surface area contributed by atoms with E-state index in [1.807, 2.05) is 30.3 Å². The second kappa shape index (κ2) is 9.55. The molecule has 0 saturated carbocycles. The van der Waals surface area contributed by atoms with Gasteiger partial charge in [0.1, 0.15) is 5.75 Å². The lowest BCUT2D eigenvalue weighted by atomic mass is 10.2. The second-order valence-electron chi connectivity index (χ2n) is 6.53. The Morgan fingerprint density at radius 1 is 1.00 bits per heavy atom. The molecule has 0 fully saturated rings. The Morgan fingerprint density at radius 3 is 2.61 bits per heavy atom. The highest BCUT2D eigenvalue weighted by molar-refractivity contribution is 9.10. The summed E-state index contributed by atoms with van der Waals surface area (Å²) in [4.78, 5) is 12.5. The Hall–Kier alpha value is -2.81. The van der Waals surface area contributed by atoms with Crippen LogP contribution >= 0.6 is 39.1 Å². The number of rotatable bonds is 7. The molecule has 158 valence electrons. The largest absolute Gasteiger partial charge is 0.470 e. The van der Waals surface area contributed by atoms with Crippen LogP contribution in [0.15, 0.2) is 71.5 Å². The van der Waals surface area contributed by atoms with Crippen LogP contribution in [-0.2, 0) is 13.3 Å². The second-order valence-corrected chi connectivity index (χ2v) is 8.26. The van der Waals surface area contributed by atoms with Crippen LogP contribution in [-0.4, -0.2) is 25.5 Å². The maximum atomic E-state index is 12.5. The van der Waals surface area contributed by atoms with Crippen LogP contribution in [0.25, 0.3) is 0 Å². The summed E-state index contributed by atoms with van der Waals surface area (Å²) >= 11 is 15.7. The average Bonchev–Trinajstić information content (AvgIpc) is 3.39. The highest BCUT2D eigenvalue weighted by Crippen LogP contribution is 2.27. The fourth-order valence-corrected chi connectivity index (χ4v) is 3.70. The third-order valence-corrected chi connectivity index (χ3v) is 5.45. The number of hydrogen-bond donors (Lipinski definition) is 1. The van der Waals surface area contributed by atoms with Crippen LogP contribution in [0.5, 0.6) is 5.75 Å². The number of nitrogens with zero attached hydrogens (tertiary/aromatic N) is 4. The van der Waals surface area contributed by atoms with E-state index in [-0.39, 0.29) is 18.3 Å². The first-order chi connectivity index (χ1) is 15.0. The molecule has 0 aliphatic rings. The van der Waals surface area contributed by atoms with Crippen molar-refractivity contribution in [1.82, 2.24) is 19.6 Å². The first kappa shape index (κ1) is 21.4. The molecule has 4 aromatic rings. The molecule has 0 bridgehead atoms. The van der Waals surface area contributed by atoms with E-state index in [4.69, 9.17) is 27.9 Å². The van der Waals surface area contributed by atoms with E-state index in [1.165, 1.54) is 4.68 Å². The molecular formula is C21H16BrCl2N5O2. The van der Waals surface area contributed by atoms with Gasteiger partial charge in [0, 0.05) is 28.0 Å². The third-order valence-electron chi connectivity index (χ3n) is 4.29. The van der Waals surface area contributed by atoms with Gasteiger partial charge in [0.2, 0.25) is 0 Å². The fourth-order valence-electron chi connectivity index (χ4n) is 2.78. The summed E-state index contributed by atoms with van der Waals surface area (Å²) < 4.78 is 9.71. The highest BCUT2D eigenvalue weighted by Gasteiger charge is 2.12. The monoisotopic (exact) mass is 519 g/mol. The molecule has 0 aliphatic carbocycles. The van der Waals surface area contributed by atoms with Crippen molar-refractivity contribution in [2.75, 3.05) is 5.32 Å². The maximum Gasteiger partial charge on any atom is 0.277 e. The summed E-state index contributed by atoms with van der Waals surface area (Å²) in [6.07, 6.45) is 3.42. The Balaban J connectivity index is 1.35. The Morgan fingerprint density at radius 2 is 1.81 bits per heavy atom. The molecule has 2 aromatic carbocycles. The normalized spacial score (nSPS) is 10.8. The molecule has 4 rings (SSSR count). The molecule has 31 heavy (non-hydrogen) atoms. The van der Waals surface area contributed by atoms with E-state index in [2.05, 4.69) is 31.4 Å². The fraction of sp³-hybridized carbons (Fsp3) is 0.0952. The minimum atomic E-state index is -0.372. The molecule has 7 nitrogen and oxygen atoms in total. The van der Waals surface area contributed by atoms with Crippen molar-refractivity contribution in [1.29, 1.82) is 0 Å². The van der Waals surface area contributed by atoms with Gasteiger partial charge in [-0.05, 0) is 35.9 Å². The topological polar surface area (TPSA) is 74.0 Å². The van der Waals surface area contributed by atoms with Crippen LogP contribution in [0.3, 0.4) is 0 Å². The van der Waals surface area contributed by atoms with Crippen molar-refractivity contribution in [2.24, 2.45) is 0 Å². The van der Waals surface area contributed by atoms with Gasteiger partial charge in [0.05, 0.1) is 11.6 Å².